The molecule has 1 saturated carbocycles. The molecule has 2 fully saturated rings. The van der Waals surface area contributed by atoms with E-state index in [1.165, 1.54) is 25.7 Å². The molecule has 21 heavy (non-hydrogen) atoms. The van der Waals surface area contributed by atoms with Crippen LogP contribution in [0.2, 0.25) is 0 Å². The first kappa shape index (κ1) is 14.3. The molecule has 1 aromatic heterocycles. The molecule has 1 amide bonds. The van der Waals surface area contributed by atoms with E-state index < -0.39 is 0 Å². The lowest BCUT2D eigenvalue weighted by atomic mass is 9.70. The Kier molecular flexibility index (Phi) is 4.10. The van der Waals surface area contributed by atoms with E-state index in [9.17, 15) is 4.79 Å². The van der Waals surface area contributed by atoms with E-state index >= 15 is 0 Å². The molecule has 3 N–H and O–H groups in total. The quantitative estimate of drug-likeness (QED) is 0.792. The molecule has 0 radical (unpaired) electrons. The SMILES string of the molecule is CCNC(=O)c1cc(NC2CCNC3(CCC3)C2)ccn1. The highest BCUT2D eigenvalue weighted by Crippen LogP contribution is 2.38. The summed E-state index contributed by atoms with van der Waals surface area (Å²) in [5.41, 5.74) is 1.85. The third kappa shape index (κ3) is 3.18. The van der Waals surface area contributed by atoms with Crippen molar-refractivity contribution in [2.24, 2.45) is 0 Å². The molecule has 1 spiro atoms. The van der Waals surface area contributed by atoms with Gasteiger partial charge in [0.05, 0.1) is 0 Å². The van der Waals surface area contributed by atoms with Gasteiger partial charge in [0, 0.05) is 30.0 Å². The first-order valence-electron chi connectivity index (χ1n) is 7.97. The van der Waals surface area contributed by atoms with Crippen LogP contribution < -0.4 is 16.0 Å². The Morgan fingerprint density at radius 2 is 2.38 bits per heavy atom. The van der Waals surface area contributed by atoms with Crippen LogP contribution in [-0.2, 0) is 0 Å². The number of carbonyl (C=O) groups is 1. The maximum Gasteiger partial charge on any atom is 0.269 e. The van der Waals surface area contributed by atoms with Crippen molar-refractivity contribution in [3.63, 3.8) is 0 Å². The molecule has 3 rings (SSSR count). The van der Waals surface area contributed by atoms with Crippen LogP contribution in [0.1, 0.15) is 49.5 Å². The lowest BCUT2D eigenvalue weighted by Gasteiger charge is -2.48. The number of pyridine rings is 1. The number of piperidine rings is 1. The van der Waals surface area contributed by atoms with Gasteiger partial charge in [0.15, 0.2) is 0 Å². The molecule has 1 saturated heterocycles. The second-order valence-corrected chi connectivity index (χ2v) is 6.18. The van der Waals surface area contributed by atoms with Gasteiger partial charge in [-0.05, 0) is 57.7 Å². The van der Waals surface area contributed by atoms with Crippen LogP contribution in [0.3, 0.4) is 0 Å². The fourth-order valence-corrected chi connectivity index (χ4v) is 3.40. The first-order chi connectivity index (χ1) is 10.2. The summed E-state index contributed by atoms with van der Waals surface area (Å²) in [6.45, 7) is 3.61. The largest absolute Gasteiger partial charge is 0.382 e. The van der Waals surface area contributed by atoms with Gasteiger partial charge in [0.1, 0.15) is 5.69 Å². The molecule has 1 aliphatic carbocycles. The minimum absolute atomic E-state index is 0.109. The van der Waals surface area contributed by atoms with E-state index in [0.29, 0.717) is 23.8 Å². The van der Waals surface area contributed by atoms with Crippen LogP contribution in [0.4, 0.5) is 5.69 Å². The molecule has 1 aromatic rings. The van der Waals surface area contributed by atoms with Gasteiger partial charge >= 0.3 is 0 Å². The van der Waals surface area contributed by atoms with Gasteiger partial charge in [-0.15, -0.1) is 0 Å². The summed E-state index contributed by atoms with van der Waals surface area (Å²) < 4.78 is 0. The Morgan fingerprint density at radius 1 is 1.52 bits per heavy atom. The Labute approximate surface area is 125 Å². The molecular weight excluding hydrogens is 264 g/mol. The molecule has 1 aliphatic heterocycles. The normalized spacial score (nSPS) is 23.4. The average Bonchev–Trinajstić information content (AvgIpc) is 2.46. The summed E-state index contributed by atoms with van der Waals surface area (Å²) in [5, 5.41) is 10.0. The van der Waals surface area contributed by atoms with Gasteiger partial charge in [0.25, 0.3) is 5.91 Å². The highest BCUT2D eigenvalue weighted by atomic mass is 16.1. The van der Waals surface area contributed by atoms with Crippen molar-refractivity contribution >= 4 is 11.6 Å². The smallest absolute Gasteiger partial charge is 0.269 e. The van der Waals surface area contributed by atoms with Gasteiger partial charge in [0.2, 0.25) is 0 Å². The Morgan fingerprint density at radius 3 is 3.10 bits per heavy atom. The highest BCUT2D eigenvalue weighted by molar-refractivity contribution is 5.93. The van der Waals surface area contributed by atoms with Crippen LogP contribution in [0.5, 0.6) is 0 Å². The van der Waals surface area contributed by atoms with Crippen LogP contribution in [0, 0.1) is 0 Å². The van der Waals surface area contributed by atoms with Crippen LogP contribution in [0.15, 0.2) is 18.3 Å². The highest BCUT2D eigenvalue weighted by Gasteiger charge is 2.40. The van der Waals surface area contributed by atoms with Crippen molar-refractivity contribution in [2.75, 3.05) is 18.4 Å². The minimum atomic E-state index is -0.109. The van der Waals surface area contributed by atoms with Crippen molar-refractivity contribution in [2.45, 2.75) is 50.6 Å². The topological polar surface area (TPSA) is 66.1 Å². The number of carbonyl (C=O) groups excluding carboxylic acids is 1. The summed E-state index contributed by atoms with van der Waals surface area (Å²) in [4.78, 5) is 16.0. The molecule has 0 bridgehead atoms. The lowest BCUT2D eigenvalue weighted by Crippen LogP contribution is -2.58. The number of hydrogen-bond acceptors (Lipinski definition) is 4. The van der Waals surface area contributed by atoms with Gasteiger partial charge < -0.3 is 16.0 Å². The van der Waals surface area contributed by atoms with Gasteiger partial charge in [-0.2, -0.15) is 0 Å². The Hall–Kier alpha value is -1.62. The maximum atomic E-state index is 11.8. The molecule has 2 heterocycles. The summed E-state index contributed by atoms with van der Waals surface area (Å²) >= 11 is 0. The number of hydrogen-bond donors (Lipinski definition) is 3. The zero-order chi connectivity index (χ0) is 14.7. The number of amides is 1. The summed E-state index contributed by atoms with van der Waals surface area (Å²) in [7, 11) is 0. The van der Waals surface area contributed by atoms with Crippen molar-refractivity contribution in [1.29, 1.82) is 0 Å². The number of nitrogens with one attached hydrogen (secondary N) is 3. The molecule has 5 heteroatoms. The number of nitrogens with zero attached hydrogens (tertiary/aromatic N) is 1. The number of rotatable bonds is 4. The zero-order valence-corrected chi connectivity index (χ0v) is 12.6. The molecule has 2 aliphatic rings. The minimum Gasteiger partial charge on any atom is -0.382 e. The fourth-order valence-electron chi connectivity index (χ4n) is 3.40. The molecular formula is C16H24N4O. The van der Waals surface area contributed by atoms with Crippen molar-refractivity contribution in [3.05, 3.63) is 24.0 Å². The second-order valence-electron chi connectivity index (χ2n) is 6.18. The third-order valence-corrected chi connectivity index (χ3v) is 4.64. The average molecular weight is 288 g/mol. The van der Waals surface area contributed by atoms with Crippen LogP contribution in [-0.4, -0.2) is 35.6 Å². The molecule has 0 aromatic carbocycles. The third-order valence-electron chi connectivity index (χ3n) is 4.64. The first-order valence-corrected chi connectivity index (χ1v) is 7.97. The summed E-state index contributed by atoms with van der Waals surface area (Å²) in [6.07, 6.45) is 7.94. The van der Waals surface area contributed by atoms with Crippen LogP contribution in [0.25, 0.3) is 0 Å². The monoisotopic (exact) mass is 288 g/mol. The molecule has 114 valence electrons. The number of anilines is 1. The van der Waals surface area contributed by atoms with Crippen molar-refractivity contribution in [1.82, 2.24) is 15.6 Å². The maximum absolute atomic E-state index is 11.8. The van der Waals surface area contributed by atoms with Gasteiger partial charge in [-0.1, -0.05) is 0 Å². The van der Waals surface area contributed by atoms with Gasteiger partial charge in [-0.25, -0.2) is 0 Å². The standard InChI is InChI=1S/C16H24N4O/c1-2-17-15(21)14-10-12(4-8-18-14)20-13-5-9-19-16(11-13)6-3-7-16/h4,8,10,13,19H,2-3,5-7,9,11H2,1H3,(H,17,21)(H,18,20). The zero-order valence-electron chi connectivity index (χ0n) is 12.6. The van der Waals surface area contributed by atoms with Crippen LogP contribution >= 0.6 is 0 Å². The number of aromatic nitrogens is 1. The van der Waals surface area contributed by atoms with Crippen molar-refractivity contribution < 1.29 is 4.79 Å². The predicted octanol–water partition coefficient (Wildman–Crippen LogP) is 1.92. The van der Waals surface area contributed by atoms with E-state index in [0.717, 1.165) is 18.7 Å². The van der Waals surface area contributed by atoms with E-state index in [2.05, 4.69) is 20.9 Å². The molecule has 1 atom stereocenters. The van der Waals surface area contributed by atoms with E-state index in [4.69, 9.17) is 0 Å². The molecule has 5 nitrogen and oxygen atoms in total. The Bertz CT molecular complexity index is 513. The summed E-state index contributed by atoms with van der Waals surface area (Å²) in [6, 6.07) is 4.27. The van der Waals surface area contributed by atoms with Gasteiger partial charge in [-0.3, -0.25) is 9.78 Å². The second kappa shape index (κ2) is 6.02. The predicted molar refractivity (Wildman–Crippen MR) is 83.5 cm³/mol. The fraction of sp³-hybridized carbons (Fsp3) is 0.625. The van der Waals surface area contributed by atoms with Crippen molar-refractivity contribution in [3.8, 4) is 0 Å². The van der Waals surface area contributed by atoms with E-state index in [-0.39, 0.29) is 5.91 Å². The van der Waals surface area contributed by atoms with E-state index in [1.54, 1.807) is 6.20 Å². The lowest BCUT2D eigenvalue weighted by molar-refractivity contribution is 0.0951. The van der Waals surface area contributed by atoms with E-state index in [1.807, 2.05) is 19.1 Å². The Balaban J connectivity index is 1.64. The molecule has 1 unspecified atom stereocenters. The summed E-state index contributed by atoms with van der Waals surface area (Å²) in [5.74, 6) is -0.109.